The van der Waals surface area contributed by atoms with Gasteiger partial charge in [-0.3, -0.25) is 0 Å². The van der Waals surface area contributed by atoms with Gasteiger partial charge in [-0.15, -0.1) is 0 Å². The van der Waals surface area contributed by atoms with Crippen LogP contribution in [0.2, 0.25) is 0 Å². The van der Waals surface area contributed by atoms with Gasteiger partial charge in [0.15, 0.2) is 5.75 Å². The quantitative estimate of drug-likeness (QED) is 0.723. The topological polar surface area (TPSA) is 18.5 Å². The number of unbranched alkanes of at least 4 members (excludes halogenated alkanes) is 1. The predicted octanol–water partition coefficient (Wildman–Crippen LogP) is 3.68. The van der Waals surface area contributed by atoms with Crippen LogP contribution in [0, 0.1) is 0 Å². The van der Waals surface area contributed by atoms with Crippen LogP contribution in [-0.4, -0.2) is 6.61 Å². The fourth-order valence-corrected chi connectivity index (χ4v) is 2.00. The fourth-order valence-electron chi connectivity index (χ4n) is 2.00. The summed E-state index contributed by atoms with van der Waals surface area (Å²) < 4.78 is 0. The maximum Gasteiger partial charge on any atom is 0.168 e. The Hall–Kier alpha value is -1.02. The molecule has 0 saturated carbocycles. The third kappa shape index (κ3) is 2.99. The van der Waals surface area contributed by atoms with E-state index in [1.54, 1.807) is 0 Å². The summed E-state index contributed by atoms with van der Waals surface area (Å²) >= 11 is 0. The second-order valence-corrected chi connectivity index (χ2v) is 4.41. The number of fused-ring (bicyclic) bond motifs is 1. The van der Waals surface area contributed by atoms with Gasteiger partial charge in [-0.2, -0.15) is 4.89 Å². The van der Waals surface area contributed by atoms with E-state index in [0.717, 1.165) is 25.0 Å². The van der Waals surface area contributed by atoms with E-state index < -0.39 is 0 Å². The van der Waals surface area contributed by atoms with E-state index in [9.17, 15) is 0 Å². The molecule has 0 atom stereocenters. The first-order valence-electron chi connectivity index (χ1n) is 6.31. The van der Waals surface area contributed by atoms with Crippen LogP contribution < -0.4 is 4.89 Å². The minimum atomic E-state index is 0.707. The highest BCUT2D eigenvalue weighted by atomic mass is 17.2. The molecule has 1 aliphatic heterocycles. The molecule has 0 radical (unpaired) electrons. The number of rotatable bonds is 3. The van der Waals surface area contributed by atoms with Crippen molar-refractivity contribution in [3.63, 3.8) is 0 Å². The lowest BCUT2D eigenvalue weighted by atomic mass is 10.0. The average molecular weight is 220 g/mol. The van der Waals surface area contributed by atoms with Crippen molar-refractivity contribution in [3.8, 4) is 5.75 Å². The molecule has 2 rings (SSSR count). The smallest absolute Gasteiger partial charge is 0.168 e. The van der Waals surface area contributed by atoms with Gasteiger partial charge in [0.05, 0.1) is 6.61 Å². The highest BCUT2D eigenvalue weighted by molar-refractivity contribution is 5.37. The zero-order chi connectivity index (χ0) is 11.2. The third-order valence-electron chi connectivity index (χ3n) is 3.02. The Bertz CT molecular complexity index is 334. The number of hydrogen-bond acceptors (Lipinski definition) is 2. The monoisotopic (exact) mass is 220 g/mol. The zero-order valence-electron chi connectivity index (χ0n) is 10.00. The van der Waals surface area contributed by atoms with E-state index in [1.807, 2.05) is 0 Å². The Morgan fingerprint density at radius 1 is 1.25 bits per heavy atom. The largest absolute Gasteiger partial charge is 0.337 e. The second-order valence-electron chi connectivity index (χ2n) is 4.41. The molecule has 0 spiro atoms. The van der Waals surface area contributed by atoms with Crippen LogP contribution in [0.15, 0.2) is 18.2 Å². The van der Waals surface area contributed by atoms with Gasteiger partial charge in [0.1, 0.15) is 0 Å². The molecule has 1 aliphatic rings. The molecule has 2 heteroatoms. The summed E-state index contributed by atoms with van der Waals surface area (Å²) in [5.74, 6) is 0.924. The lowest BCUT2D eigenvalue weighted by Crippen LogP contribution is -2.06. The van der Waals surface area contributed by atoms with Crippen molar-refractivity contribution in [2.75, 3.05) is 6.61 Å². The van der Waals surface area contributed by atoms with Gasteiger partial charge >= 0.3 is 0 Å². The maximum absolute atomic E-state index is 5.35. The van der Waals surface area contributed by atoms with E-state index in [0.29, 0.717) is 6.61 Å². The normalized spacial score (nSPS) is 15.8. The van der Waals surface area contributed by atoms with Crippen LogP contribution in [-0.2, 0) is 17.7 Å². The molecule has 1 aromatic carbocycles. The lowest BCUT2D eigenvalue weighted by molar-refractivity contribution is -0.209. The Morgan fingerprint density at radius 2 is 2.19 bits per heavy atom. The van der Waals surface area contributed by atoms with Gasteiger partial charge in [0.25, 0.3) is 0 Å². The average Bonchev–Trinajstić information content (AvgIpc) is 2.28. The Balaban J connectivity index is 2.11. The molecule has 1 aromatic rings. The van der Waals surface area contributed by atoms with E-state index in [2.05, 4.69) is 25.1 Å². The van der Waals surface area contributed by atoms with Crippen LogP contribution in [0.3, 0.4) is 0 Å². The summed E-state index contributed by atoms with van der Waals surface area (Å²) in [6.07, 6.45) is 6.97. The highest BCUT2D eigenvalue weighted by Crippen LogP contribution is 2.25. The van der Waals surface area contributed by atoms with Gasteiger partial charge < -0.3 is 4.89 Å². The lowest BCUT2D eigenvalue weighted by Gasteiger charge is -2.14. The maximum atomic E-state index is 5.35. The van der Waals surface area contributed by atoms with Crippen molar-refractivity contribution in [2.45, 2.75) is 45.4 Å². The fraction of sp³-hybridized carbons (Fsp3) is 0.571. The summed E-state index contributed by atoms with van der Waals surface area (Å²) in [6, 6.07) is 6.55. The Labute approximate surface area is 97.5 Å². The first kappa shape index (κ1) is 11.5. The van der Waals surface area contributed by atoms with E-state index in [4.69, 9.17) is 9.78 Å². The van der Waals surface area contributed by atoms with Gasteiger partial charge in [-0.05, 0) is 49.3 Å². The van der Waals surface area contributed by atoms with E-state index in [-0.39, 0.29) is 0 Å². The number of hydrogen-bond donors (Lipinski definition) is 0. The molecule has 1 heterocycles. The molecule has 0 N–H and O–H groups in total. The minimum absolute atomic E-state index is 0.707. The first-order valence-corrected chi connectivity index (χ1v) is 6.31. The molecule has 16 heavy (non-hydrogen) atoms. The van der Waals surface area contributed by atoms with Crippen molar-refractivity contribution >= 4 is 0 Å². The summed E-state index contributed by atoms with van der Waals surface area (Å²) in [5.41, 5.74) is 2.63. The van der Waals surface area contributed by atoms with Crippen molar-refractivity contribution < 1.29 is 9.78 Å². The summed E-state index contributed by atoms with van der Waals surface area (Å²) in [5, 5.41) is 0. The molecule has 0 aromatic heterocycles. The van der Waals surface area contributed by atoms with E-state index in [1.165, 1.54) is 30.4 Å². The molecule has 2 nitrogen and oxygen atoms in total. The van der Waals surface area contributed by atoms with Gasteiger partial charge in [0.2, 0.25) is 0 Å². The molecule has 0 unspecified atom stereocenters. The SMILES string of the molecule is CCCCc1ccc2c(c1)OOCCCC2. The standard InChI is InChI=1S/C14H20O2/c1-2-3-6-12-8-9-13-7-4-5-10-15-16-14(13)11-12/h8-9,11H,2-7,10H2,1H3. The molecular weight excluding hydrogens is 200 g/mol. The van der Waals surface area contributed by atoms with Crippen molar-refractivity contribution in [2.24, 2.45) is 0 Å². The zero-order valence-corrected chi connectivity index (χ0v) is 10.00. The highest BCUT2D eigenvalue weighted by Gasteiger charge is 2.09. The Kier molecular flexibility index (Phi) is 4.23. The molecule has 88 valence electrons. The van der Waals surface area contributed by atoms with Crippen molar-refractivity contribution in [3.05, 3.63) is 29.3 Å². The molecule has 0 amide bonds. The van der Waals surface area contributed by atoms with Crippen molar-refractivity contribution in [1.82, 2.24) is 0 Å². The van der Waals surface area contributed by atoms with E-state index >= 15 is 0 Å². The molecule has 0 fully saturated rings. The van der Waals surface area contributed by atoms with Gasteiger partial charge in [-0.25, -0.2) is 0 Å². The van der Waals surface area contributed by atoms with Crippen LogP contribution in [0.5, 0.6) is 5.75 Å². The van der Waals surface area contributed by atoms with Gasteiger partial charge in [-0.1, -0.05) is 25.5 Å². The van der Waals surface area contributed by atoms with Crippen LogP contribution in [0.4, 0.5) is 0 Å². The van der Waals surface area contributed by atoms with Crippen LogP contribution in [0.1, 0.15) is 43.7 Å². The molecule has 0 aliphatic carbocycles. The van der Waals surface area contributed by atoms with Crippen molar-refractivity contribution in [1.29, 1.82) is 0 Å². The number of aryl methyl sites for hydroxylation is 2. The summed E-state index contributed by atoms with van der Waals surface area (Å²) in [6.45, 7) is 2.92. The van der Waals surface area contributed by atoms with Crippen LogP contribution >= 0.6 is 0 Å². The third-order valence-corrected chi connectivity index (χ3v) is 3.02. The molecule has 0 saturated heterocycles. The first-order chi connectivity index (χ1) is 7.90. The Morgan fingerprint density at radius 3 is 3.06 bits per heavy atom. The summed E-state index contributed by atoms with van der Waals surface area (Å²) in [7, 11) is 0. The van der Waals surface area contributed by atoms with Gasteiger partial charge in [0, 0.05) is 0 Å². The molecular formula is C14H20O2. The van der Waals surface area contributed by atoms with Crippen LogP contribution in [0.25, 0.3) is 0 Å². The summed E-state index contributed by atoms with van der Waals surface area (Å²) in [4.78, 5) is 10.5. The number of benzene rings is 1. The molecule has 0 bridgehead atoms. The minimum Gasteiger partial charge on any atom is -0.337 e. The predicted molar refractivity (Wildman–Crippen MR) is 64.6 cm³/mol. The second kappa shape index (κ2) is 5.90.